The minimum Gasteiger partial charge on any atom is -0.494 e. The molecule has 1 aromatic carbocycles. The summed E-state index contributed by atoms with van der Waals surface area (Å²) in [6, 6.07) is 8.32. The van der Waals surface area contributed by atoms with Gasteiger partial charge in [0.1, 0.15) is 5.75 Å². The molecular formula is C9H14OSi. The van der Waals surface area contributed by atoms with E-state index in [1.165, 1.54) is 5.19 Å². The van der Waals surface area contributed by atoms with Crippen molar-refractivity contribution in [3.63, 3.8) is 0 Å². The summed E-state index contributed by atoms with van der Waals surface area (Å²) in [4.78, 5) is 0. The molecule has 0 spiro atoms. The maximum absolute atomic E-state index is 5.46. The zero-order valence-corrected chi connectivity index (χ0v) is 8.55. The van der Waals surface area contributed by atoms with Crippen molar-refractivity contribution < 1.29 is 4.74 Å². The highest BCUT2D eigenvalue weighted by Gasteiger charge is 1.97. The van der Waals surface area contributed by atoms with E-state index >= 15 is 0 Å². The van der Waals surface area contributed by atoms with Gasteiger partial charge in [0.15, 0.2) is 0 Å². The Labute approximate surface area is 70.2 Å². The van der Waals surface area contributed by atoms with E-state index in [2.05, 4.69) is 24.7 Å². The summed E-state index contributed by atoms with van der Waals surface area (Å²) in [7, 11) is -0.0830. The van der Waals surface area contributed by atoms with Crippen molar-refractivity contribution in [2.75, 3.05) is 6.61 Å². The average Bonchev–Trinajstić information content (AvgIpc) is 2.06. The number of para-hydroxylation sites is 1. The van der Waals surface area contributed by atoms with E-state index in [9.17, 15) is 0 Å². The third-order valence-electron chi connectivity index (χ3n) is 1.65. The summed E-state index contributed by atoms with van der Waals surface area (Å²) < 4.78 is 5.46. The molecule has 1 aromatic rings. The van der Waals surface area contributed by atoms with Crippen LogP contribution in [0.3, 0.4) is 0 Å². The normalized spacial score (nSPS) is 10.7. The molecular weight excluding hydrogens is 152 g/mol. The molecule has 0 saturated carbocycles. The summed E-state index contributed by atoms with van der Waals surface area (Å²) in [5.74, 6) is 1.09. The Balaban J connectivity index is 2.83. The van der Waals surface area contributed by atoms with Crippen LogP contribution in [0.4, 0.5) is 0 Å². The predicted molar refractivity (Wildman–Crippen MR) is 51.7 cm³/mol. The SMILES string of the molecule is CCOc1ccccc1[SiH2]C. The lowest BCUT2D eigenvalue weighted by molar-refractivity contribution is 0.343. The number of rotatable bonds is 3. The zero-order valence-electron chi connectivity index (χ0n) is 7.13. The lowest BCUT2D eigenvalue weighted by Gasteiger charge is -2.06. The molecule has 0 unspecified atom stereocenters. The van der Waals surface area contributed by atoms with Crippen LogP contribution in [-0.2, 0) is 0 Å². The van der Waals surface area contributed by atoms with Crippen LogP contribution in [0.25, 0.3) is 0 Å². The molecule has 0 aliphatic carbocycles. The standard InChI is InChI=1S/C9H14OSi/c1-3-10-8-6-4-5-7-9(8)11-2/h4-7H,3,11H2,1-2H3. The molecule has 0 radical (unpaired) electrons. The zero-order chi connectivity index (χ0) is 8.10. The summed E-state index contributed by atoms with van der Waals surface area (Å²) in [6.07, 6.45) is 0. The quantitative estimate of drug-likeness (QED) is 0.607. The molecule has 0 saturated heterocycles. The van der Waals surface area contributed by atoms with Crippen LogP contribution in [0, 0.1) is 0 Å². The van der Waals surface area contributed by atoms with E-state index in [1.807, 2.05) is 13.0 Å². The van der Waals surface area contributed by atoms with Crippen molar-refractivity contribution in [2.24, 2.45) is 0 Å². The van der Waals surface area contributed by atoms with Crippen LogP contribution in [0.2, 0.25) is 6.55 Å². The highest BCUT2D eigenvalue weighted by atomic mass is 28.2. The Morgan fingerprint density at radius 1 is 1.36 bits per heavy atom. The summed E-state index contributed by atoms with van der Waals surface area (Å²) in [5.41, 5.74) is 0. The topological polar surface area (TPSA) is 9.23 Å². The average molecular weight is 166 g/mol. The Morgan fingerprint density at radius 2 is 2.09 bits per heavy atom. The van der Waals surface area contributed by atoms with Crippen molar-refractivity contribution in [1.82, 2.24) is 0 Å². The molecule has 0 aromatic heterocycles. The number of hydrogen-bond donors (Lipinski definition) is 0. The van der Waals surface area contributed by atoms with Crippen LogP contribution >= 0.6 is 0 Å². The van der Waals surface area contributed by atoms with Gasteiger partial charge in [-0.15, -0.1) is 0 Å². The predicted octanol–water partition coefficient (Wildman–Crippen LogP) is 0.927. The van der Waals surface area contributed by atoms with Gasteiger partial charge in [-0.25, -0.2) is 0 Å². The Bertz CT molecular complexity index is 223. The molecule has 11 heavy (non-hydrogen) atoms. The van der Waals surface area contributed by atoms with Gasteiger partial charge < -0.3 is 4.74 Å². The highest BCUT2D eigenvalue weighted by molar-refractivity contribution is 6.53. The molecule has 0 aliphatic heterocycles. The van der Waals surface area contributed by atoms with Crippen molar-refractivity contribution in [3.8, 4) is 5.75 Å². The molecule has 0 atom stereocenters. The van der Waals surface area contributed by atoms with Gasteiger partial charge in [0, 0.05) is 0 Å². The number of benzene rings is 1. The van der Waals surface area contributed by atoms with E-state index in [0.29, 0.717) is 0 Å². The Morgan fingerprint density at radius 3 is 2.73 bits per heavy atom. The third kappa shape index (κ3) is 2.08. The van der Waals surface area contributed by atoms with Crippen molar-refractivity contribution in [3.05, 3.63) is 24.3 Å². The van der Waals surface area contributed by atoms with E-state index in [-0.39, 0.29) is 9.52 Å². The van der Waals surface area contributed by atoms with Crippen LogP contribution in [0.5, 0.6) is 5.75 Å². The van der Waals surface area contributed by atoms with Crippen molar-refractivity contribution in [2.45, 2.75) is 13.5 Å². The van der Waals surface area contributed by atoms with Crippen LogP contribution in [0.1, 0.15) is 6.92 Å². The minimum atomic E-state index is -0.0830. The van der Waals surface area contributed by atoms with Gasteiger partial charge >= 0.3 is 0 Å². The van der Waals surface area contributed by atoms with E-state index in [0.717, 1.165) is 12.4 Å². The fourth-order valence-corrected chi connectivity index (χ4v) is 2.03. The lowest BCUT2D eigenvalue weighted by atomic mass is 10.3. The number of ether oxygens (including phenoxy) is 1. The highest BCUT2D eigenvalue weighted by Crippen LogP contribution is 2.04. The maximum Gasteiger partial charge on any atom is 0.117 e. The maximum atomic E-state index is 5.46. The van der Waals surface area contributed by atoms with Gasteiger partial charge in [0.05, 0.1) is 16.1 Å². The first-order chi connectivity index (χ1) is 5.38. The van der Waals surface area contributed by atoms with Gasteiger partial charge in [0.2, 0.25) is 0 Å². The van der Waals surface area contributed by atoms with Gasteiger partial charge in [-0.2, -0.15) is 0 Å². The fraction of sp³-hybridized carbons (Fsp3) is 0.333. The summed E-state index contributed by atoms with van der Waals surface area (Å²) in [6.45, 7) is 5.07. The van der Waals surface area contributed by atoms with Crippen molar-refractivity contribution in [1.29, 1.82) is 0 Å². The van der Waals surface area contributed by atoms with E-state index in [4.69, 9.17) is 4.74 Å². The molecule has 0 amide bonds. The first kappa shape index (κ1) is 8.33. The second-order valence-corrected chi connectivity index (χ2v) is 3.86. The minimum absolute atomic E-state index is 0.0830. The van der Waals surface area contributed by atoms with E-state index in [1.54, 1.807) is 0 Å². The first-order valence-electron chi connectivity index (χ1n) is 4.09. The Kier molecular flexibility index (Phi) is 3.17. The number of hydrogen-bond acceptors (Lipinski definition) is 1. The third-order valence-corrected chi connectivity index (χ3v) is 3.00. The lowest BCUT2D eigenvalue weighted by Crippen LogP contribution is -2.14. The van der Waals surface area contributed by atoms with Gasteiger partial charge in [-0.05, 0) is 18.2 Å². The molecule has 0 bridgehead atoms. The molecule has 2 heteroatoms. The monoisotopic (exact) mass is 166 g/mol. The Hall–Kier alpha value is -0.763. The van der Waals surface area contributed by atoms with E-state index < -0.39 is 0 Å². The van der Waals surface area contributed by atoms with Crippen LogP contribution < -0.4 is 9.92 Å². The second-order valence-electron chi connectivity index (χ2n) is 2.39. The van der Waals surface area contributed by atoms with Gasteiger partial charge in [0.25, 0.3) is 0 Å². The molecule has 60 valence electrons. The van der Waals surface area contributed by atoms with Gasteiger partial charge in [-0.1, -0.05) is 24.7 Å². The molecule has 0 fully saturated rings. The molecule has 1 nitrogen and oxygen atoms in total. The van der Waals surface area contributed by atoms with Gasteiger partial charge in [-0.3, -0.25) is 0 Å². The van der Waals surface area contributed by atoms with Crippen LogP contribution in [-0.4, -0.2) is 16.1 Å². The fourth-order valence-electron chi connectivity index (χ4n) is 1.09. The largest absolute Gasteiger partial charge is 0.494 e. The second kappa shape index (κ2) is 4.19. The molecule has 0 aliphatic rings. The van der Waals surface area contributed by atoms with Crippen LogP contribution in [0.15, 0.2) is 24.3 Å². The molecule has 0 N–H and O–H groups in total. The smallest absolute Gasteiger partial charge is 0.117 e. The summed E-state index contributed by atoms with van der Waals surface area (Å²) >= 11 is 0. The summed E-state index contributed by atoms with van der Waals surface area (Å²) in [5, 5.41) is 1.43. The molecule has 0 heterocycles. The molecule has 1 rings (SSSR count). The first-order valence-corrected chi connectivity index (χ1v) is 6.21. The van der Waals surface area contributed by atoms with Crippen molar-refractivity contribution >= 4 is 14.7 Å².